The van der Waals surface area contributed by atoms with Crippen LogP contribution in [0.25, 0.3) is 22.8 Å². The van der Waals surface area contributed by atoms with Gasteiger partial charge in [-0.15, -0.1) is 0 Å². The van der Waals surface area contributed by atoms with Crippen LogP contribution in [0.4, 0.5) is 0 Å². The Morgan fingerprint density at radius 2 is 1.62 bits per heavy atom. The predicted octanol–water partition coefficient (Wildman–Crippen LogP) is 3.62. The molecule has 0 fully saturated rings. The Bertz CT molecular complexity index is 1050. The average Bonchev–Trinajstić information content (AvgIpc) is 2.67. The average molecular weight is 309 g/mol. The van der Waals surface area contributed by atoms with Crippen LogP contribution in [0.2, 0.25) is 0 Å². The van der Waals surface area contributed by atoms with E-state index in [0.29, 0.717) is 0 Å². The van der Waals surface area contributed by atoms with E-state index < -0.39 is 0 Å². The van der Waals surface area contributed by atoms with Gasteiger partial charge in [0.2, 0.25) is 0 Å². The minimum absolute atomic E-state index is 1.03. The Labute approximate surface area is 142 Å². The van der Waals surface area contributed by atoms with Crippen LogP contribution in [-0.4, -0.2) is 4.98 Å². The maximum absolute atomic E-state index is 4.19. The number of aromatic nitrogens is 1. The first-order valence-corrected chi connectivity index (χ1v) is 8.76. The predicted molar refractivity (Wildman–Crippen MR) is 99.0 cm³/mol. The minimum atomic E-state index is 1.03. The summed E-state index contributed by atoms with van der Waals surface area (Å²) in [5.41, 5.74) is 8.55. The third kappa shape index (κ3) is 2.05. The number of hydrogen-bond acceptors (Lipinski definition) is 1. The Morgan fingerprint density at radius 3 is 2.54 bits per heavy atom. The second-order valence-corrected chi connectivity index (χ2v) is 6.69. The molecule has 2 aliphatic rings. The summed E-state index contributed by atoms with van der Waals surface area (Å²) in [6.07, 6.45) is 10.9. The smallest absolute Gasteiger partial charge is 0.0273 e. The normalized spacial score (nSPS) is 15.1. The van der Waals surface area contributed by atoms with E-state index in [9.17, 15) is 0 Å². The van der Waals surface area contributed by atoms with Crippen LogP contribution in [0, 0.1) is 0 Å². The molecule has 1 heteroatoms. The van der Waals surface area contributed by atoms with Crippen LogP contribution < -0.4 is 10.4 Å². The highest BCUT2D eigenvalue weighted by Crippen LogP contribution is 2.27. The van der Waals surface area contributed by atoms with Crippen molar-refractivity contribution in [2.24, 2.45) is 0 Å². The summed E-state index contributed by atoms with van der Waals surface area (Å²) < 4.78 is 0. The molecule has 0 spiro atoms. The van der Waals surface area contributed by atoms with Gasteiger partial charge in [0.25, 0.3) is 0 Å². The first-order chi connectivity index (χ1) is 11.9. The molecule has 5 rings (SSSR count). The number of hydrogen-bond donors (Lipinski definition) is 0. The molecule has 1 nitrogen and oxygen atoms in total. The molecule has 0 N–H and O–H groups in total. The van der Waals surface area contributed by atoms with Crippen molar-refractivity contribution in [2.75, 3.05) is 0 Å². The lowest BCUT2D eigenvalue weighted by Gasteiger charge is -2.21. The molecule has 0 amide bonds. The van der Waals surface area contributed by atoms with Gasteiger partial charge < -0.3 is 0 Å². The lowest BCUT2D eigenvalue weighted by Crippen LogP contribution is -2.36. The van der Waals surface area contributed by atoms with E-state index in [4.69, 9.17) is 0 Å². The van der Waals surface area contributed by atoms with E-state index in [1.807, 2.05) is 12.4 Å². The van der Waals surface area contributed by atoms with E-state index in [-0.39, 0.29) is 0 Å². The molecule has 0 radical (unpaired) electrons. The SMILES string of the molecule is C1=c2c(ccc3c2=C(c2ccncc2)CCC3)-c2ccccc2C1. The van der Waals surface area contributed by atoms with Crippen LogP contribution in [0.3, 0.4) is 0 Å². The summed E-state index contributed by atoms with van der Waals surface area (Å²) in [6, 6.07) is 17.8. The van der Waals surface area contributed by atoms with E-state index in [1.54, 1.807) is 0 Å². The number of nitrogens with zero attached hydrogens (tertiary/aromatic N) is 1. The second kappa shape index (κ2) is 5.45. The van der Waals surface area contributed by atoms with Gasteiger partial charge in [-0.2, -0.15) is 0 Å². The molecule has 0 atom stereocenters. The van der Waals surface area contributed by atoms with Gasteiger partial charge >= 0.3 is 0 Å². The van der Waals surface area contributed by atoms with E-state index >= 15 is 0 Å². The Balaban J connectivity index is 1.89. The molecule has 0 saturated heterocycles. The lowest BCUT2D eigenvalue weighted by atomic mass is 9.83. The van der Waals surface area contributed by atoms with Gasteiger partial charge in [0.15, 0.2) is 0 Å². The summed E-state index contributed by atoms with van der Waals surface area (Å²) in [5, 5.41) is 2.93. The first-order valence-electron chi connectivity index (χ1n) is 8.76. The molecule has 24 heavy (non-hydrogen) atoms. The van der Waals surface area contributed by atoms with Crippen molar-refractivity contribution in [2.45, 2.75) is 25.7 Å². The van der Waals surface area contributed by atoms with Crippen molar-refractivity contribution in [3.8, 4) is 11.1 Å². The Morgan fingerprint density at radius 1 is 0.750 bits per heavy atom. The molecule has 0 saturated carbocycles. The van der Waals surface area contributed by atoms with E-state index in [2.05, 4.69) is 59.6 Å². The van der Waals surface area contributed by atoms with Crippen molar-refractivity contribution >= 4 is 11.6 Å². The lowest BCUT2D eigenvalue weighted by molar-refractivity contribution is 0.818. The van der Waals surface area contributed by atoms with Gasteiger partial charge in [0.1, 0.15) is 0 Å². The van der Waals surface area contributed by atoms with Crippen LogP contribution in [0.5, 0.6) is 0 Å². The largest absolute Gasteiger partial charge is 0.265 e. The van der Waals surface area contributed by atoms with Crippen molar-refractivity contribution in [1.29, 1.82) is 0 Å². The summed E-state index contributed by atoms with van der Waals surface area (Å²) in [4.78, 5) is 4.19. The molecule has 116 valence electrons. The van der Waals surface area contributed by atoms with Gasteiger partial charge in [-0.05, 0) is 81.6 Å². The topological polar surface area (TPSA) is 12.9 Å². The highest BCUT2D eigenvalue weighted by Gasteiger charge is 2.17. The van der Waals surface area contributed by atoms with Crippen LogP contribution in [-0.2, 0) is 12.8 Å². The number of fused-ring (bicyclic) bond motifs is 5. The zero-order chi connectivity index (χ0) is 15.9. The van der Waals surface area contributed by atoms with Gasteiger partial charge in [-0.1, -0.05) is 42.5 Å². The first kappa shape index (κ1) is 13.7. The number of pyridine rings is 1. The molecular formula is C23H19N. The van der Waals surface area contributed by atoms with Crippen molar-refractivity contribution in [3.63, 3.8) is 0 Å². The molecular weight excluding hydrogens is 290 g/mol. The standard InChI is InChI=1S/C23H19N/c1-2-6-19-16(4-1)8-11-22-21(19)10-9-18-5-3-7-20(23(18)22)17-12-14-24-15-13-17/h1-2,4,6,9-15H,3,5,7-8H2. The molecule has 0 unspecified atom stereocenters. The zero-order valence-electron chi connectivity index (χ0n) is 13.6. The molecule has 2 aromatic carbocycles. The summed E-state index contributed by atoms with van der Waals surface area (Å²) in [7, 11) is 0. The third-order valence-electron chi connectivity index (χ3n) is 5.37. The maximum Gasteiger partial charge on any atom is 0.0273 e. The van der Waals surface area contributed by atoms with Gasteiger partial charge in [0, 0.05) is 12.4 Å². The van der Waals surface area contributed by atoms with Gasteiger partial charge in [-0.3, -0.25) is 4.98 Å². The maximum atomic E-state index is 4.19. The summed E-state index contributed by atoms with van der Waals surface area (Å²) in [6.45, 7) is 0. The Hall–Kier alpha value is -2.67. The number of benzene rings is 2. The number of aryl methyl sites for hydroxylation is 1. The van der Waals surface area contributed by atoms with Crippen molar-refractivity contribution in [3.05, 3.63) is 88.1 Å². The van der Waals surface area contributed by atoms with Crippen LogP contribution in [0.1, 0.15) is 29.5 Å². The number of rotatable bonds is 1. The molecule has 2 aliphatic carbocycles. The van der Waals surface area contributed by atoms with Crippen molar-refractivity contribution < 1.29 is 0 Å². The highest BCUT2D eigenvalue weighted by atomic mass is 14.6. The summed E-state index contributed by atoms with van der Waals surface area (Å²) in [5.74, 6) is 0. The van der Waals surface area contributed by atoms with Crippen molar-refractivity contribution in [1.82, 2.24) is 4.98 Å². The fourth-order valence-corrected chi connectivity index (χ4v) is 4.27. The van der Waals surface area contributed by atoms with Gasteiger partial charge in [0.05, 0.1) is 0 Å². The minimum Gasteiger partial charge on any atom is -0.265 e. The third-order valence-corrected chi connectivity index (χ3v) is 5.37. The van der Waals surface area contributed by atoms with E-state index in [0.717, 1.165) is 12.8 Å². The van der Waals surface area contributed by atoms with Crippen LogP contribution in [0.15, 0.2) is 60.9 Å². The fourth-order valence-electron chi connectivity index (χ4n) is 4.27. The van der Waals surface area contributed by atoms with Crippen LogP contribution >= 0.6 is 0 Å². The fraction of sp³-hybridized carbons (Fsp3) is 0.174. The zero-order valence-corrected chi connectivity index (χ0v) is 13.6. The monoisotopic (exact) mass is 309 g/mol. The summed E-state index contributed by atoms with van der Waals surface area (Å²) >= 11 is 0. The molecule has 0 aliphatic heterocycles. The second-order valence-electron chi connectivity index (χ2n) is 6.69. The molecule has 0 bridgehead atoms. The van der Waals surface area contributed by atoms with Gasteiger partial charge in [-0.25, -0.2) is 0 Å². The molecule has 3 aromatic rings. The molecule has 1 heterocycles. The highest BCUT2D eigenvalue weighted by molar-refractivity contribution is 5.76. The quantitative estimate of drug-likeness (QED) is 0.669. The van der Waals surface area contributed by atoms with E-state index in [1.165, 1.54) is 56.7 Å². The molecule has 1 aromatic heterocycles. The Kier molecular flexibility index (Phi) is 3.12.